The Bertz CT molecular complexity index is 467. The number of carbonyl (C=O) groups excluding carboxylic acids is 2. The van der Waals surface area contributed by atoms with Crippen LogP contribution in [0.1, 0.15) is 156 Å². The smallest absolute Gasteiger partial charge is 0.550 e. The van der Waals surface area contributed by atoms with Crippen molar-refractivity contribution in [2.45, 2.75) is 161 Å². The molecule has 0 N–H and O–H groups in total. The first kappa shape index (κ1) is 41.7. The molecule has 0 bridgehead atoms. The van der Waals surface area contributed by atoms with Gasteiger partial charge >= 0.3 is 19.5 Å². The summed E-state index contributed by atoms with van der Waals surface area (Å²) in [7, 11) is 0. The molecule has 216 valence electrons. The molecule has 0 aromatic rings. The molecule has 0 rings (SSSR count). The van der Waals surface area contributed by atoms with Crippen LogP contribution in [0.2, 0.25) is 0 Å². The number of hydrogen-bond donors (Lipinski definition) is 0. The second kappa shape index (κ2) is 36.3. The predicted octanol–water partition coefficient (Wildman–Crippen LogP) is 7.56. The fourth-order valence-corrected chi connectivity index (χ4v) is 6.27. The Balaban J connectivity index is -0.00000174. The molecule has 1 unspecified atom stereocenters. The van der Waals surface area contributed by atoms with Gasteiger partial charge in [0.1, 0.15) is 0 Å². The standard InChI is InChI=1S/C27H54O2S2.C3H6O2.Zn/c1-3-5-7-9-11-13-15-17-19-21-23-30-25-26(27(28)29)31-24-22-20-18-16-14-12-10-8-6-4-2;1-2-3(4)5;/h26H,3-25H2,1-2H3,(H,28,29);2H2,1H3,(H,4,5);/q;;+2/p-2. The van der Waals surface area contributed by atoms with Gasteiger partial charge in [-0.05, 0) is 30.8 Å². The first-order chi connectivity index (χ1) is 17.5. The van der Waals surface area contributed by atoms with E-state index < -0.39 is 11.9 Å². The number of thioether (sulfide) groups is 2. The number of carbonyl (C=O) groups is 2. The van der Waals surface area contributed by atoms with Gasteiger partial charge < -0.3 is 19.8 Å². The Morgan fingerprint density at radius 2 is 0.892 bits per heavy atom. The Morgan fingerprint density at radius 1 is 0.568 bits per heavy atom. The SMILES string of the molecule is CCC(=O)[O-].CCCCCCCCCCCCSCC(SCCCCCCCCCCCC)C(=O)[O-].[Zn+2]. The molecule has 0 fully saturated rings. The third-order valence-electron chi connectivity index (χ3n) is 6.28. The Hall–Kier alpha value is 0.263. The molecule has 37 heavy (non-hydrogen) atoms. The average Bonchev–Trinajstić information content (AvgIpc) is 2.86. The van der Waals surface area contributed by atoms with Crippen molar-refractivity contribution in [2.24, 2.45) is 0 Å². The van der Waals surface area contributed by atoms with Crippen molar-refractivity contribution >= 4 is 35.5 Å². The fourth-order valence-electron chi connectivity index (χ4n) is 3.88. The molecular weight excluding hydrogens is 554 g/mol. The fraction of sp³-hybridized carbons (Fsp3) is 0.933. The van der Waals surface area contributed by atoms with Crippen LogP contribution in [0.15, 0.2) is 0 Å². The van der Waals surface area contributed by atoms with E-state index in [1.54, 1.807) is 11.8 Å². The minimum Gasteiger partial charge on any atom is -0.550 e. The van der Waals surface area contributed by atoms with Crippen LogP contribution in [0, 0.1) is 0 Å². The summed E-state index contributed by atoms with van der Waals surface area (Å²) in [5.74, 6) is 0.910. The van der Waals surface area contributed by atoms with Gasteiger partial charge in [0.05, 0.1) is 11.2 Å². The predicted molar refractivity (Wildman–Crippen MR) is 158 cm³/mol. The van der Waals surface area contributed by atoms with Crippen molar-refractivity contribution in [1.82, 2.24) is 0 Å². The van der Waals surface area contributed by atoms with Gasteiger partial charge in [-0.3, -0.25) is 0 Å². The van der Waals surface area contributed by atoms with Gasteiger partial charge in [0, 0.05) is 11.7 Å². The van der Waals surface area contributed by atoms with Crippen LogP contribution < -0.4 is 10.2 Å². The van der Waals surface area contributed by atoms with E-state index in [1.165, 1.54) is 129 Å². The molecule has 0 amide bonds. The molecule has 0 aliphatic rings. The Labute approximate surface area is 251 Å². The molecule has 4 nitrogen and oxygen atoms in total. The van der Waals surface area contributed by atoms with Crippen molar-refractivity contribution in [1.29, 1.82) is 0 Å². The zero-order valence-electron chi connectivity index (χ0n) is 24.7. The maximum absolute atomic E-state index is 11.4. The third kappa shape index (κ3) is 38.5. The molecule has 0 spiro atoms. The topological polar surface area (TPSA) is 80.3 Å². The van der Waals surface area contributed by atoms with Gasteiger partial charge in [-0.25, -0.2) is 0 Å². The Morgan fingerprint density at radius 3 is 1.22 bits per heavy atom. The monoisotopic (exact) mass is 610 g/mol. The van der Waals surface area contributed by atoms with Crippen LogP contribution in [-0.4, -0.2) is 34.4 Å². The number of unbranched alkanes of at least 4 members (excludes halogenated alkanes) is 18. The summed E-state index contributed by atoms with van der Waals surface area (Å²) in [6.07, 6.45) is 27.0. The molecule has 0 aliphatic heterocycles. The summed E-state index contributed by atoms with van der Waals surface area (Å²) in [6, 6.07) is 0. The molecule has 0 aromatic carbocycles. The summed E-state index contributed by atoms with van der Waals surface area (Å²) in [4.78, 5) is 20.7. The van der Waals surface area contributed by atoms with Crippen LogP contribution in [0.3, 0.4) is 0 Å². The van der Waals surface area contributed by atoms with E-state index in [4.69, 9.17) is 0 Å². The molecule has 0 aromatic heterocycles. The minimum absolute atomic E-state index is 0. The van der Waals surface area contributed by atoms with Gasteiger partial charge in [0.25, 0.3) is 0 Å². The Kier molecular flexibility index (Phi) is 40.9. The summed E-state index contributed by atoms with van der Waals surface area (Å²) in [5.41, 5.74) is 0. The van der Waals surface area contributed by atoms with E-state index in [2.05, 4.69) is 13.8 Å². The normalized spacial score (nSPS) is 11.3. The molecule has 0 heterocycles. The number of aliphatic carboxylic acids is 2. The molecule has 0 saturated carbocycles. The summed E-state index contributed by atoms with van der Waals surface area (Å²) in [5, 5.41) is 20.3. The van der Waals surface area contributed by atoms with E-state index in [0.717, 1.165) is 17.9 Å². The molecule has 1 atom stereocenters. The molecule has 7 heteroatoms. The van der Waals surface area contributed by atoms with Crippen molar-refractivity contribution < 1.29 is 39.3 Å². The van der Waals surface area contributed by atoms with Crippen LogP contribution in [0.25, 0.3) is 0 Å². The van der Waals surface area contributed by atoms with Gasteiger partial charge in [0.2, 0.25) is 0 Å². The van der Waals surface area contributed by atoms with Crippen LogP contribution >= 0.6 is 23.5 Å². The van der Waals surface area contributed by atoms with Crippen molar-refractivity contribution in [3.63, 3.8) is 0 Å². The second-order valence-electron chi connectivity index (χ2n) is 9.84. The maximum atomic E-state index is 11.4. The van der Waals surface area contributed by atoms with Gasteiger partial charge in [-0.1, -0.05) is 136 Å². The third-order valence-corrected chi connectivity index (χ3v) is 8.92. The van der Waals surface area contributed by atoms with Crippen LogP contribution in [0.4, 0.5) is 0 Å². The zero-order valence-corrected chi connectivity index (χ0v) is 29.3. The number of hydrogen-bond acceptors (Lipinski definition) is 6. The largest absolute Gasteiger partial charge is 2.00 e. The molecule has 0 radical (unpaired) electrons. The summed E-state index contributed by atoms with van der Waals surface area (Å²) >= 11 is 3.42. The number of carboxylic acid groups (broad SMARTS) is 2. The van der Waals surface area contributed by atoms with E-state index in [9.17, 15) is 19.8 Å². The second-order valence-corrected chi connectivity index (χ2v) is 12.3. The first-order valence-corrected chi connectivity index (χ1v) is 17.3. The van der Waals surface area contributed by atoms with Crippen LogP contribution in [0.5, 0.6) is 0 Å². The van der Waals surface area contributed by atoms with E-state index in [-0.39, 0.29) is 31.1 Å². The van der Waals surface area contributed by atoms with Gasteiger partial charge in [-0.2, -0.15) is 23.5 Å². The van der Waals surface area contributed by atoms with Gasteiger partial charge in [0.15, 0.2) is 0 Å². The molecule has 0 saturated heterocycles. The van der Waals surface area contributed by atoms with Crippen molar-refractivity contribution in [2.75, 3.05) is 17.3 Å². The van der Waals surface area contributed by atoms with Crippen molar-refractivity contribution in [3.8, 4) is 0 Å². The van der Waals surface area contributed by atoms with Gasteiger partial charge in [-0.15, -0.1) is 0 Å². The maximum Gasteiger partial charge on any atom is 2.00 e. The number of carboxylic acids is 2. The van der Waals surface area contributed by atoms with Crippen molar-refractivity contribution in [3.05, 3.63) is 0 Å². The first-order valence-electron chi connectivity index (χ1n) is 15.1. The summed E-state index contributed by atoms with van der Waals surface area (Å²) < 4.78 is 0. The van der Waals surface area contributed by atoms with E-state index in [0.29, 0.717) is 5.75 Å². The van der Waals surface area contributed by atoms with E-state index in [1.807, 2.05) is 11.8 Å². The molecule has 0 aliphatic carbocycles. The average molecular weight is 612 g/mol. The minimum atomic E-state index is -0.995. The molecular formula is C30H58O4S2Zn. The van der Waals surface area contributed by atoms with Crippen LogP contribution in [-0.2, 0) is 29.1 Å². The number of rotatable bonds is 27. The quantitative estimate of drug-likeness (QED) is 0.0704. The zero-order chi connectivity index (χ0) is 27.1. The summed E-state index contributed by atoms with van der Waals surface area (Å²) in [6.45, 7) is 6.07. The van der Waals surface area contributed by atoms with E-state index >= 15 is 0 Å².